The molecule has 0 aliphatic rings. The van der Waals surface area contributed by atoms with Crippen LogP contribution in [0.4, 0.5) is 5.69 Å². The van der Waals surface area contributed by atoms with Gasteiger partial charge in [-0.25, -0.2) is 4.98 Å². The molecule has 0 unspecified atom stereocenters. The molecule has 1 N–H and O–H groups in total. The van der Waals surface area contributed by atoms with E-state index in [9.17, 15) is 19.7 Å². The number of nitrogens with zero attached hydrogens (tertiary/aromatic N) is 3. The zero-order valence-electron chi connectivity index (χ0n) is 15.9. The molecule has 0 spiro atoms. The second-order valence-corrected chi connectivity index (χ2v) is 6.62. The van der Waals surface area contributed by atoms with E-state index in [4.69, 9.17) is 16.3 Å². The van der Waals surface area contributed by atoms with E-state index in [1.807, 2.05) is 0 Å². The summed E-state index contributed by atoms with van der Waals surface area (Å²) >= 11 is 5.95. The maximum Gasteiger partial charge on any atom is 0.270 e. The number of non-ortho nitro benzene ring substituents is 1. The number of hydrogen-bond acceptors (Lipinski definition) is 6. The molecule has 1 heterocycles. The van der Waals surface area contributed by atoms with Crippen LogP contribution in [0.3, 0.4) is 0 Å². The zero-order chi connectivity index (χ0) is 21.7. The number of nitro benzene ring substituents is 1. The van der Waals surface area contributed by atoms with E-state index in [1.54, 1.807) is 31.4 Å². The van der Waals surface area contributed by atoms with Crippen LogP contribution < -0.4 is 15.6 Å². The Morgan fingerprint density at radius 2 is 1.97 bits per heavy atom. The third-order valence-corrected chi connectivity index (χ3v) is 4.62. The number of carbonyl (C=O) groups is 1. The Morgan fingerprint density at radius 3 is 2.57 bits per heavy atom. The number of methoxy groups -OCH3 is 1. The van der Waals surface area contributed by atoms with Gasteiger partial charge < -0.3 is 10.1 Å². The molecule has 0 saturated carbocycles. The molecule has 9 nitrogen and oxygen atoms in total. The number of ether oxygens (including phenoxy) is 1. The molecule has 30 heavy (non-hydrogen) atoms. The number of carbonyl (C=O) groups excluding carboxylic acids is 1. The van der Waals surface area contributed by atoms with E-state index in [-0.39, 0.29) is 34.9 Å². The fraction of sp³-hybridized carbons (Fsp3) is 0.150. The van der Waals surface area contributed by atoms with Crippen molar-refractivity contribution in [2.45, 2.75) is 6.54 Å². The van der Waals surface area contributed by atoms with Crippen molar-refractivity contribution >= 4 is 23.2 Å². The summed E-state index contributed by atoms with van der Waals surface area (Å²) in [5.74, 6) is 0.210. The van der Waals surface area contributed by atoms with Crippen molar-refractivity contribution in [1.29, 1.82) is 0 Å². The van der Waals surface area contributed by atoms with Gasteiger partial charge >= 0.3 is 0 Å². The van der Waals surface area contributed by atoms with E-state index < -0.39 is 10.8 Å². The minimum absolute atomic E-state index is 0.0237. The van der Waals surface area contributed by atoms with Crippen molar-refractivity contribution in [2.24, 2.45) is 0 Å². The maximum atomic E-state index is 12.3. The standard InChI is InChI=1S/C20H17ClN4O5/c1-30-15-5-2-13(3-6-15)18-11-19(26)24(12-23-18)9-8-22-20(27)16-7-4-14(25(28)29)10-17(16)21/h2-7,10-12H,8-9H2,1H3,(H,22,27). The predicted octanol–water partition coefficient (Wildman–Crippen LogP) is 2.91. The fourth-order valence-electron chi connectivity index (χ4n) is 2.70. The molecule has 0 bridgehead atoms. The molecule has 0 fully saturated rings. The molecular formula is C20H17ClN4O5. The highest BCUT2D eigenvalue weighted by atomic mass is 35.5. The molecule has 0 aliphatic carbocycles. The average Bonchev–Trinajstić information content (AvgIpc) is 2.74. The van der Waals surface area contributed by atoms with Gasteiger partial charge in [0.1, 0.15) is 5.75 Å². The van der Waals surface area contributed by atoms with Crippen LogP contribution in [-0.2, 0) is 6.54 Å². The van der Waals surface area contributed by atoms with Crippen LogP contribution in [-0.4, -0.2) is 34.0 Å². The van der Waals surface area contributed by atoms with Crippen LogP contribution in [0.2, 0.25) is 5.02 Å². The molecule has 1 amide bonds. The van der Waals surface area contributed by atoms with Gasteiger partial charge in [0.2, 0.25) is 0 Å². The lowest BCUT2D eigenvalue weighted by Crippen LogP contribution is -2.31. The van der Waals surface area contributed by atoms with Gasteiger partial charge in [0, 0.05) is 36.9 Å². The van der Waals surface area contributed by atoms with Crippen molar-refractivity contribution in [1.82, 2.24) is 14.9 Å². The Balaban J connectivity index is 1.62. The van der Waals surface area contributed by atoms with Crippen LogP contribution in [0.1, 0.15) is 10.4 Å². The predicted molar refractivity (Wildman–Crippen MR) is 111 cm³/mol. The molecule has 1 aromatic heterocycles. The molecule has 2 aromatic carbocycles. The molecule has 0 saturated heterocycles. The highest BCUT2D eigenvalue weighted by Gasteiger charge is 2.14. The smallest absolute Gasteiger partial charge is 0.270 e. The van der Waals surface area contributed by atoms with Crippen LogP contribution in [0.25, 0.3) is 11.3 Å². The van der Waals surface area contributed by atoms with Crippen molar-refractivity contribution in [3.63, 3.8) is 0 Å². The molecule has 0 aliphatic heterocycles. The first-order valence-corrected chi connectivity index (χ1v) is 9.20. The van der Waals surface area contributed by atoms with Gasteiger partial charge in [-0.05, 0) is 30.3 Å². The number of amides is 1. The summed E-state index contributed by atoms with van der Waals surface area (Å²) in [6.45, 7) is 0.348. The Hall–Kier alpha value is -3.72. The second-order valence-electron chi connectivity index (χ2n) is 6.21. The van der Waals surface area contributed by atoms with Crippen molar-refractivity contribution in [3.8, 4) is 17.0 Å². The SMILES string of the molecule is COc1ccc(-c2cc(=O)n(CCNC(=O)c3ccc([N+](=O)[O-])cc3Cl)cn2)cc1. The summed E-state index contributed by atoms with van der Waals surface area (Å²) in [7, 11) is 1.57. The lowest BCUT2D eigenvalue weighted by molar-refractivity contribution is -0.384. The van der Waals surface area contributed by atoms with Crippen molar-refractivity contribution in [2.75, 3.05) is 13.7 Å². The number of benzene rings is 2. The maximum absolute atomic E-state index is 12.3. The third-order valence-electron chi connectivity index (χ3n) is 4.31. The quantitative estimate of drug-likeness (QED) is 0.457. The van der Waals surface area contributed by atoms with Crippen LogP contribution in [0.5, 0.6) is 5.75 Å². The minimum atomic E-state index is -0.595. The molecular weight excluding hydrogens is 412 g/mol. The molecule has 3 aromatic rings. The Morgan fingerprint density at radius 1 is 1.23 bits per heavy atom. The first-order chi connectivity index (χ1) is 14.4. The Bertz CT molecular complexity index is 1140. The third kappa shape index (κ3) is 4.81. The Kier molecular flexibility index (Phi) is 6.43. The van der Waals surface area contributed by atoms with Gasteiger partial charge in [0.05, 0.1) is 34.6 Å². The topological polar surface area (TPSA) is 116 Å². The normalized spacial score (nSPS) is 10.5. The van der Waals surface area contributed by atoms with Gasteiger partial charge in [-0.1, -0.05) is 11.6 Å². The summed E-state index contributed by atoms with van der Waals surface area (Å²) < 4.78 is 6.47. The molecule has 10 heteroatoms. The zero-order valence-corrected chi connectivity index (χ0v) is 16.6. The molecule has 0 radical (unpaired) electrons. The molecule has 3 rings (SSSR count). The summed E-state index contributed by atoms with van der Waals surface area (Å²) in [4.78, 5) is 39.0. The van der Waals surface area contributed by atoms with Gasteiger partial charge in [-0.2, -0.15) is 0 Å². The largest absolute Gasteiger partial charge is 0.497 e. The first kappa shape index (κ1) is 21.0. The lowest BCUT2D eigenvalue weighted by atomic mass is 10.1. The van der Waals surface area contributed by atoms with E-state index >= 15 is 0 Å². The summed E-state index contributed by atoms with van der Waals surface area (Å²) in [6.07, 6.45) is 1.41. The number of halogens is 1. The van der Waals surface area contributed by atoms with Crippen molar-refractivity contribution < 1.29 is 14.5 Å². The highest BCUT2D eigenvalue weighted by Crippen LogP contribution is 2.22. The van der Waals surface area contributed by atoms with Crippen molar-refractivity contribution in [3.05, 3.63) is 85.9 Å². The van der Waals surface area contributed by atoms with Gasteiger partial charge in [0.25, 0.3) is 17.2 Å². The molecule has 154 valence electrons. The summed E-state index contributed by atoms with van der Waals surface area (Å²) in [5, 5.41) is 13.3. The average molecular weight is 429 g/mol. The fourth-order valence-corrected chi connectivity index (χ4v) is 2.96. The van der Waals surface area contributed by atoms with E-state index in [0.717, 1.165) is 11.6 Å². The number of hydrogen-bond donors (Lipinski definition) is 1. The van der Waals surface area contributed by atoms with Gasteiger partial charge in [-0.3, -0.25) is 24.3 Å². The number of aromatic nitrogens is 2. The molecule has 0 atom stereocenters. The Labute approximate surface area is 176 Å². The number of nitro groups is 1. The monoisotopic (exact) mass is 428 g/mol. The van der Waals surface area contributed by atoms with Crippen LogP contribution in [0.15, 0.2) is 59.7 Å². The minimum Gasteiger partial charge on any atom is -0.497 e. The highest BCUT2D eigenvalue weighted by molar-refractivity contribution is 6.34. The van der Waals surface area contributed by atoms with E-state index in [1.165, 1.54) is 29.1 Å². The van der Waals surface area contributed by atoms with Gasteiger partial charge in [-0.15, -0.1) is 0 Å². The summed E-state index contributed by atoms with van der Waals surface area (Å²) in [5.41, 5.74) is 0.953. The number of rotatable bonds is 7. The first-order valence-electron chi connectivity index (χ1n) is 8.82. The van der Waals surface area contributed by atoms with Gasteiger partial charge in [0.15, 0.2) is 0 Å². The number of nitrogens with one attached hydrogen (secondary N) is 1. The second kappa shape index (κ2) is 9.19. The van der Waals surface area contributed by atoms with Crippen LogP contribution in [0, 0.1) is 10.1 Å². The van der Waals surface area contributed by atoms with E-state index in [0.29, 0.717) is 11.4 Å². The van der Waals surface area contributed by atoms with E-state index in [2.05, 4.69) is 10.3 Å². The summed E-state index contributed by atoms with van der Waals surface area (Å²) in [6, 6.07) is 12.2. The lowest BCUT2D eigenvalue weighted by Gasteiger charge is -2.09. The van der Waals surface area contributed by atoms with Crippen LogP contribution >= 0.6 is 11.6 Å².